The van der Waals surface area contributed by atoms with Crippen LogP contribution in [-0.2, 0) is 11.3 Å². The number of para-hydroxylation sites is 1. The summed E-state index contributed by atoms with van der Waals surface area (Å²) in [5.74, 6) is 0.248. The molecule has 2 rings (SSSR count). The Morgan fingerprint density at radius 1 is 1.40 bits per heavy atom. The number of aromatic nitrogens is 3. The topological polar surface area (TPSA) is 59.8 Å². The van der Waals surface area contributed by atoms with Crippen LogP contribution in [0.4, 0.5) is 10.1 Å². The standard InChI is InChI=1S/C13H15FN4OS/c1-3-18-9(2)16-17-13(18)20-8-12(19)15-11-7-5-4-6-10(11)14/h4-7H,3,8H2,1-2H3,(H,15,19). The Kier molecular flexibility index (Phi) is 4.73. The molecule has 20 heavy (non-hydrogen) atoms. The van der Waals surface area contributed by atoms with E-state index in [1.165, 1.54) is 23.9 Å². The largest absolute Gasteiger partial charge is 0.323 e. The minimum absolute atomic E-state index is 0.159. The number of thioether (sulfide) groups is 1. The van der Waals surface area contributed by atoms with Crippen LogP contribution >= 0.6 is 11.8 Å². The first kappa shape index (κ1) is 14.5. The number of amides is 1. The van der Waals surface area contributed by atoms with Crippen LogP contribution in [0.5, 0.6) is 0 Å². The molecule has 0 saturated heterocycles. The van der Waals surface area contributed by atoms with Gasteiger partial charge in [-0.1, -0.05) is 23.9 Å². The summed E-state index contributed by atoms with van der Waals surface area (Å²) >= 11 is 1.28. The Morgan fingerprint density at radius 3 is 2.85 bits per heavy atom. The maximum absolute atomic E-state index is 13.4. The third-order valence-electron chi connectivity index (χ3n) is 2.70. The molecule has 1 amide bonds. The SMILES string of the molecule is CCn1c(C)nnc1SCC(=O)Nc1ccccc1F. The summed E-state index contributed by atoms with van der Waals surface area (Å²) < 4.78 is 15.3. The number of benzene rings is 1. The van der Waals surface area contributed by atoms with E-state index in [-0.39, 0.29) is 17.3 Å². The monoisotopic (exact) mass is 294 g/mol. The fourth-order valence-electron chi connectivity index (χ4n) is 1.71. The van der Waals surface area contributed by atoms with Crippen molar-refractivity contribution in [3.63, 3.8) is 0 Å². The quantitative estimate of drug-likeness (QED) is 0.861. The highest BCUT2D eigenvalue weighted by Gasteiger charge is 2.11. The summed E-state index contributed by atoms with van der Waals surface area (Å²) in [7, 11) is 0. The smallest absolute Gasteiger partial charge is 0.234 e. The molecule has 0 spiro atoms. The van der Waals surface area contributed by atoms with Crippen molar-refractivity contribution in [3.05, 3.63) is 35.9 Å². The van der Waals surface area contributed by atoms with E-state index in [2.05, 4.69) is 15.5 Å². The summed E-state index contributed by atoms with van der Waals surface area (Å²) in [6, 6.07) is 6.07. The van der Waals surface area contributed by atoms with Crippen LogP contribution in [0.3, 0.4) is 0 Å². The van der Waals surface area contributed by atoms with Crippen molar-refractivity contribution in [3.8, 4) is 0 Å². The van der Waals surface area contributed by atoms with Gasteiger partial charge in [0, 0.05) is 6.54 Å². The van der Waals surface area contributed by atoms with Crippen molar-refractivity contribution in [2.24, 2.45) is 0 Å². The van der Waals surface area contributed by atoms with Crippen LogP contribution in [-0.4, -0.2) is 26.4 Å². The van der Waals surface area contributed by atoms with Gasteiger partial charge < -0.3 is 9.88 Å². The Morgan fingerprint density at radius 2 is 2.15 bits per heavy atom. The van der Waals surface area contributed by atoms with E-state index in [1.54, 1.807) is 12.1 Å². The molecule has 0 bridgehead atoms. The van der Waals surface area contributed by atoms with E-state index in [0.717, 1.165) is 12.4 Å². The first-order valence-electron chi connectivity index (χ1n) is 6.18. The normalized spacial score (nSPS) is 10.6. The van der Waals surface area contributed by atoms with Crippen LogP contribution in [0, 0.1) is 12.7 Å². The summed E-state index contributed by atoms with van der Waals surface area (Å²) in [6.45, 7) is 4.59. The third-order valence-corrected chi connectivity index (χ3v) is 3.67. The molecule has 0 aliphatic rings. The molecule has 7 heteroatoms. The number of anilines is 1. The first-order chi connectivity index (χ1) is 9.61. The summed E-state index contributed by atoms with van der Waals surface area (Å²) in [4.78, 5) is 11.8. The Labute approximate surface area is 120 Å². The van der Waals surface area contributed by atoms with Gasteiger partial charge in [-0.05, 0) is 26.0 Å². The second-order valence-electron chi connectivity index (χ2n) is 4.09. The Bertz CT molecular complexity index is 614. The van der Waals surface area contributed by atoms with Crippen molar-refractivity contribution in [1.29, 1.82) is 0 Å². The van der Waals surface area contributed by atoms with E-state index in [4.69, 9.17) is 0 Å². The zero-order chi connectivity index (χ0) is 14.5. The number of halogens is 1. The molecular formula is C13H15FN4OS. The molecule has 1 aromatic carbocycles. The van der Waals surface area contributed by atoms with Crippen LogP contribution in [0.2, 0.25) is 0 Å². The summed E-state index contributed by atoms with van der Waals surface area (Å²) in [5, 5.41) is 11.2. The molecule has 1 heterocycles. The number of nitrogens with one attached hydrogen (secondary N) is 1. The molecule has 1 aromatic heterocycles. The van der Waals surface area contributed by atoms with Crippen LogP contribution in [0.25, 0.3) is 0 Å². The minimum Gasteiger partial charge on any atom is -0.323 e. The number of nitrogens with zero attached hydrogens (tertiary/aromatic N) is 3. The van der Waals surface area contributed by atoms with Crippen molar-refractivity contribution < 1.29 is 9.18 Å². The third kappa shape index (κ3) is 3.36. The van der Waals surface area contributed by atoms with Gasteiger partial charge in [-0.2, -0.15) is 0 Å². The second-order valence-corrected chi connectivity index (χ2v) is 5.03. The van der Waals surface area contributed by atoms with Gasteiger partial charge in [-0.25, -0.2) is 4.39 Å². The van der Waals surface area contributed by atoms with Gasteiger partial charge in [0.25, 0.3) is 0 Å². The maximum Gasteiger partial charge on any atom is 0.234 e. The first-order valence-corrected chi connectivity index (χ1v) is 7.17. The van der Waals surface area contributed by atoms with Gasteiger partial charge in [0.1, 0.15) is 11.6 Å². The Balaban J connectivity index is 1.94. The highest BCUT2D eigenvalue weighted by molar-refractivity contribution is 7.99. The van der Waals surface area contributed by atoms with Crippen LogP contribution in [0.1, 0.15) is 12.7 Å². The fourth-order valence-corrected chi connectivity index (χ4v) is 2.56. The Hall–Kier alpha value is -1.89. The lowest BCUT2D eigenvalue weighted by Gasteiger charge is -2.06. The van der Waals surface area contributed by atoms with Gasteiger partial charge in [-0.15, -0.1) is 10.2 Å². The maximum atomic E-state index is 13.4. The lowest BCUT2D eigenvalue weighted by molar-refractivity contribution is -0.113. The molecule has 0 radical (unpaired) electrons. The van der Waals surface area contributed by atoms with Crippen molar-refractivity contribution in [2.75, 3.05) is 11.1 Å². The summed E-state index contributed by atoms with van der Waals surface area (Å²) in [6.07, 6.45) is 0. The minimum atomic E-state index is -0.446. The number of hydrogen-bond acceptors (Lipinski definition) is 4. The number of carbonyl (C=O) groups excluding carboxylic acids is 1. The molecule has 0 aliphatic heterocycles. The second kappa shape index (κ2) is 6.51. The van der Waals surface area contributed by atoms with E-state index in [1.807, 2.05) is 18.4 Å². The zero-order valence-electron chi connectivity index (χ0n) is 11.3. The molecule has 0 aliphatic carbocycles. The van der Waals surface area contributed by atoms with Gasteiger partial charge >= 0.3 is 0 Å². The number of rotatable bonds is 5. The molecule has 0 unspecified atom stereocenters. The zero-order valence-corrected chi connectivity index (χ0v) is 12.1. The number of carbonyl (C=O) groups is 1. The molecule has 2 aromatic rings. The van der Waals surface area contributed by atoms with Crippen LogP contribution < -0.4 is 5.32 Å². The number of hydrogen-bond donors (Lipinski definition) is 1. The predicted molar refractivity (Wildman–Crippen MR) is 76.2 cm³/mol. The molecule has 1 N–H and O–H groups in total. The fraction of sp³-hybridized carbons (Fsp3) is 0.308. The lowest BCUT2D eigenvalue weighted by atomic mass is 10.3. The van der Waals surface area contributed by atoms with E-state index in [0.29, 0.717) is 5.16 Å². The molecule has 0 fully saturated rings. The van der Waals surface area contributed by atoms with E-state index >= 15 is 0 Å². The molecule has 106 valence electrons. The average Bonchev–Trinajstić information content (AvgIpc) is 2.79. The van der Waals surface area contributed by atoms with Gasteiger partial charge in [-0.3, -0.25) is 4.79 Å². The highest BCUT2D eigenvalue weighted by atomic mass is 32.2. The number of aryl methyl sites for hydroxylation is 1. The van der Waals surface area contributed by atoms with Gasteiger partial charge in [0.15, 0.2) is 5.16 Å². The molecule has 0 atom stereocenters. The lowest BCUT2D eigenvalue weighted by Crippen LogP contribution is -2.15. The highest BCUT2D eigenvalue weighted by Crippen LogP contribution is 2.18. The van der Waals surface area contributed by atoms with Crippen molar-refractivity contribution in [1.82, 2.24) is 14.8 Å². The molecular weight excluding hydrogens is 279 g/mol. The summed E-state index contributed by atoms with van der Waals surface area (Å²) in [5.41, 5.74) is 0.186. The average molecular weight is 294 g/mol. The van der Waals surface area contributed by atoms with E-state index in [9.17, 15) is 9.18 Å². The van der Waals surface area contributed by atoms with Crippen molar-refractivity contribution in [2.45, 2.75) is 25.5 Å². The van der Waals surface area contributed by atoms with Crippen molar-refractivity contribution >= 4 is 23.4 Å². The molecule has 5 nitrogen and oxygen atoms in total. The predicted octanol–water partition coefficient (Wildman–Crippen LogP) is 2.48. The van der Waals surface area contributed by atoms with E-state index < -0.39 is 5.82 Å². The molecule has 0 saturated carbocycles. The van der Waals surface area contributed by atoms with Gasteiger partial charge in [0.2, 0.25) is 5.91 Å². The van der Waals surface area contributed by atoms with Crippen LogP contribution in [0.15, 0.2) is 29.4 Å². The van der Waals surface area contributed by atoms with Gasteiger partial charge in [0.05, 0.1) is 11.4 Å².